The normalized spacial score (nSPS) is 13.0. The fourth-order valence-electron chi connectivity index (χ4n) is 10.5. The van der Waals surface area contributed by atoms with Crippen LogP contribution in [-0.2, 0) is 19.1 Å². The first-order chi connectivity index (χ1) is 42.6. The lowest BCUT2D eigenvalue weighted by Crippen LogP contribution is -2.28. The van der Waals surface area contributed by atoms with Crippen LogP contribution in [0.3, 0.4) is 0 Å². The molecule has 5 heteroatoms. The number of aliphatic hydroxyl groups excluding tert-OH is 1. The first kappa shape index (κ1) is 82.0. The number of hydrogen-bond donors (Lipinski definition) is 1. The zero-order valence-electron chi connectivity index (χ0n) is 56.5. The lowest BCUT2D eigenvalue weighted by molar-refractivity contribution is -0.161. The molecule has 0 amide bonds. The predicted octanol–water partition coefficient (Wildman–Crippen LogP) is 25.9. The standard InChI is InChI=1S/C81H138O5/c1-3-5-7-9-11-13-15-17-19-21-23-25-27-29-31-33-35-37-38-39-40-41-42-44-46-48-50-52-54-56-58-60-62-64-66-68-70-72-74-76-81(84)86-79(77-82)78-85-80(83)75-73-71-69-67-65-63-61-59-57-55-53-51-49-47-45-43-36-34-32-30-28-26-24-22-20-18-16-14-12-10-8-6-4-2/h5-8,11-14,17-20,23-26,29-32,35,37,79,82H,3-4,9-10,15-16,21-22,27-28,33-34,36,38-78H2,1-2H3/b7-5-,8-6-,13-11-,14-12-,19-17-,20-18-,25-23-,26-24-,31-29-,32-30-,37-35-. The highest BCUT2D eigenvalue weighted by Gasteiger charge is 2.16. The topological polar surface area (TPSA) is 72.8 Å². The summed E-state index contributed by atoms with van der Waals surface area (Å²) in [5.41, 5.74) is 0. The van der Waals surface area contributed by atoms with Gasteiger partial charge in [-0.15, -0.1) is 0 Å². The summed E-state index contributed by atoms with van der Waals surface area (Å²) in [6.07, 6.45) is 112. The zero-order chi connectivity index (χ0) is 61.9. The number of unbranched alkanes of at least 4 members (excludes halogenated alkanes) is 37. The van der Waals surface area contributed by atoms with Crippen LogP contribution in [0.5, 0.6) is 0 Å². The summed E-state index contributed by atoms with van der Waals surface area (Å²) in [4.78, 5) is 24.7. The first-order valence-electron chi connectivity index (χ1n) is 36.7. The molecule has 0 spiro atoms. The van der Waals surface area contributed by atoms with Crippen molar-refractivity contribution in [2.24, 2.45) is 0 Å². The van der Waals surface area contributed by atoms with E-state index in [0.29, 0.717) is 12.8 Å². The van der Waals surface area contributed by atoms with Crippen molar-refractivity contribution in [2.75, 3.05) is 13.2 Å². The van der Waals surface area contributed by atoms with Crippen LogP contribution >= 0.6 is 0 Å². The van der Waals surface area contributed by atoms with Crippen LogP contribution < -0.4 is 0 Å². The van der Waals surface area contributed by atoms with Crippen LogP contribution in [0.2, 0.25) is 0 Å². The maximum Gasteiger partial charge on any atom is 0.306 e. The van der Waals surface area contributed by atoms with Crippen molar-refractivity contribution in [3.8, 4) is 0 Å². The predicted molar refractivity (Wildman–Crippen MR) is 380 cm³/mol. The molecule has 0 rings (SSSR count). The van der Waals surface area contributed by atoms with Crippen LogP contribution in [-0.4, -0.2) is 36.4 Å². The van der Waals surface area contributed by atoms with E-state index < -0.39 is 6.10 Å². The van der Waals surface area contributed by atoms with Crippen LogP contribution in [0.15, 0.2) is 134 Å². The van der Waals surface area contributed by atoms with Gasteiger partial charge in [-0.2, -0.15) is 0 Å². The van der Waals surface area contributed by atoms with Crippen molar-refractivity contribution in [1.29, 1.82) is 0 Å². The van der Waals surface area contributed by atoms with Crippen LogP contribution in [0.4, 0.5) is 0 Å². The van der Waals surface area contributed by atoms with E-state index >= 15 is 0 Å². The maximum atomic E-state index is 12.4. The molecular weight excluding hydrogens is 1050 g/mol. The van der Waals surface area contributed by atoms with Crippen molar-refractivity contribution in [1.82, 2.24) is 0 Å². The molecule has 0 heterocycles. The average molecular weight is 1190 g/mol. The number of esters is 2. The van der Waals surface area contributed by atoms with Gasteiger partial charge < -0.3 is 14.6 Å². The summed E-state index contributed by atoms with van der Waals surface area (Å²) >= 11 is 0. The van der Waals surface area contributed by atoms with Gasteiger partial charge in [-0.25, -0.2) is 0 Å². The second-order valence-electron chi connectivity index (χ2n) is 24.3. The van der Waals surface area contributed by atoms with Crippen molar-refractivity contribution in [3.05, 3.63) is 134 Å². The Morgan fingerprint density at radius 3 is 0.698 bits per heavy atom. The molecule has 0 aromatic heterocycles. The summed E-state index contributed by atoms with van der Waals surface area (Å²) in [6.45, 7) is 3.94. The lowest BCUT2D eigenvalue weighted by atomic mass is 10.0. The number of aliphatic hydroxyl groups is 1. The molecule has 0 bridgehead atoms. The molecule has 0 aliphatic rings. The van der Waals surface area contributed by atoms with Gasteiger partial charge in [0.05, 0.1) is 6.61 Å². The Morgan fingerprint density at radius 2 is 0.465 bits per heavy atom. The monoisotopic (exact) mass is 1190 g/mol. The minimum absolute atomic E-state index is 0.0665. The Labute approximate surface area is 534 Å². The Balaban J connectivity index is 3.44. The molecule has 0 aliphatic carbocycles. The van der Waals surface area contributed by atoms with Gasteiger partial charge >= 0.3 is 11.9 Å². The Hall–Kier alpha value is -3.96. The van der Waals surface area contributed by atoms with Crippen molar-refractivity contribution < 1.29 is 24.2 Å². The van der Waals surface area contributed by atoms with E-state index in [0.717, 1.165) is 109 Å². The molecule has 0 fully saturated rings. The molecule has 1 N–H and O–H groups in total. The fourth-order valence-corrected chi connectivity index (χ4v) is 10.5. The van der Waals surface area contributed by atoms with Gasteiger partial charge in [0.1, 0.15) is 6.61 Å². The third kappa shape index (κ3) is 72.5. The van der Waals surface area contributed by atoms with Gasteiger partial charge in [-0.3, -0.25) is 9.59 Å². The first-order valence-corrected chi connectivity index (χ1v) is 36.7. The van der Waals surface area contributed by atoms with Crippen LogP contribution in [0, 0.1) is 0 Å². The summed E-state index contributed by atoms with van der Waals surface area (Å²) in [5, 5.41) is 9.72. The third-order valence-corrected chi connectivity index (χ3v) is 15.9. The van der Waals surface area contributed by atoms with Crippen LogP contribution in [0.1, 0.15) is 348 Å². The van der Waals surface area contributed by atoms with E-state index in [1.165, 1.54) is 212 Å². The summed E-state index contributed by atoms with van der Waals surface area (Å²) < 4.78 is 10.8. The maximum absolute atomic E-state index is 12.4. The zero-order valence-corrected chi connectivity index (χ0v) is 56.5. The van der Waals surface area contributed by atoms with Gasteiger partial charge in [0.15, 0.2) is 6.10 Å². The smallest absolute Gasteiger partial charge is 0.306 e. The average Bonchev–Trinajstić information content (AvgIpc) is 3.55. The quantitative estimate of drug-likeness (QED) is 0.0373. The molecule has 0 saturated carbocycles. The molecule has 1 atom stereocenters. The number of carbonyl (C=O) groups excluding carboxylic acids is 2. The largest absolute Gasteiger partial charge is 0.462 e. The Morgan fingerprint density at radius 1 is 0.267 bits per heavy atom. The highest BCUT2D eigenvalue weighted by Crippen LogP contribution is 2.18. The molecule has 0 radical (unpaired) electrons. The molecule has 5 nitrogen and oxygen atoms in total. The summed E-state index contributed by atoms with van der Waals surface area (Å²) in [7, 11) is 0. The molecule has 0 saturated heterocycles. The van der Waals surface area contributed by atoms with E-state index in [2.05, 4.69) is 148 Å². The van der Waals surface area contributed by atoms with Crippen molar-refractivity contribution in [2.45, 2.75) is 354 Å². The highest BCUT2D eigenvalue weighted by atomic mass is 16.6. The lowest BCUT2D eigenvalue weighted by Gasteiger charge is -2.15. The molecule has 0 aromatic rings. The minimum Gasteiger partial charge on any atom is -0.462 e. The number of rotatable bonds is 67. The molecular formula is C81H138O5. The number of hydrogen-bond acceptors (Lipinski definition) is 5. The number of allylic oxidation sites excluding steroid dienone is 22. The van der Waals surface area contributed by atoms with E-state index in [9.17, 15) is 14.7 Å². The highest BCUT2D eigenvalue weighted by molar-refractivity contribution is 5.70. The summed E-state index contributed by atoms with van der Waals surface area (Å²) in [6, 6.07) is 0. The minimum atomic E-state index is -0.778. The molecule has 1 unspecified atom stereocenters. The van der Waals surface area contributed by atoms with Crippen molar-refractivity contribution >= 4 is 11.9 Å². The molecule has 492 valence electrons. The van der Waals surface area contributed by atoms with E-state index in [1.807, 2.05) is 0 Å². The fraction of sp³-hybridized carbons (Fsp3) is 0.704. The van der Waals surface area contributed by atoms with Gasteiger partial charge in [0.2, 0.25) is 0 Å². The summed E-state index contributed by atoms with van der Waals surface area (Å²) in [5.74, 6) is -0.578. The second-order valence-corrected chi connectivity index (χ2v) is 24.3. The van der Waals surface area contributed by atoms with Gasteiger partial charge in [0.25, 0.3) is 0 Å². The Kier molecular flexibility index (Phi) is 71.8. The van der Waals surface area contributed by atoms with Gasteiger partial charge in [-0.1, -0.05) is 359 Å². The van der Waals surface area contributed by atoms with E-state index in [-0.39, 0.29) is 25.2 Å². The second kappa shape index (κ2) is 75.3. The van der Waals surface area contributed by atoms with Crippen LogP contribution in [0.25, 0.3) is 0 Å². The molecule has 86 heavy (non-hydrogen) atoms. The number of ether oxygens (including phenoxy) is 2. The third-order valence-electron chi connectivity index (χ3n) is 15.9. The van der Waals surface area contributed by atoms with E-state index in [4.69, 9.17) is 9.47 Å². The number of carbonyl (C=O) groups is 2. The SMILES string of the molecule is CC/C=C\C/C=C\C/C=C\C/C=C\C/C=C\C/C=C\CCCCCCCCCCCCCCCCCCCCCCC(=O)OC(CO)COC(=O)CCCCCCCCCCCCCCCCCCC/C=C\C/C=C\C/C=C\C/C=C\C/C=C\CC. The van der Waals surface area contributed by atoms with E-state index in [1.54, 1.807) is 0 Å². The Bertz CT molecular complexity index is 1730. The molecule has 0 aliphatic heterocycles. The molecule has 0 aromatic carbocycles. The van der Waals surface area contributed by atoms with Gasteiger partial charge in [-0.05, 0) is 109 Å². The van der Waals surface area contributed by atoms with Gasteiger partial charge in [0, 0.05) is 12.8 Å². The van der Waals surface area contributed by atoms with Crippen molar-refractivity contribution in [3.63, 3.8) is 0 Å².